The van der Waals surface area contributed by atoms with Crippen LogP contribution in [0.4, 0.5) is 13.2 Å². The Morgan fingerprint density at radius 2 is 2.09 bits per heavy atom. The van der Waals surface area contributed by atoms with Crippen LogP contribution in [-0.2, 0) is 0 Å². The number of amides is 1. The van der Waals surface area contributed by atoms with Crippen molar-refractivity contribution in [2.24, 2.45) is 0 Å². The minimum atomic E-state index is -4.49. The van der Waals surface area contributed by atoms with Crippen LogP contribution < -0.4 is 10.1 Å². The lowest BCUT2D eigenvalue weighted by Gasteiger charge is -2.14. The molecule has 0 bridgehead atoms. The van der Waals surface area contributed by atoms with Gasteiger partial charge in [0.05, 0.1) is 12.1 Å². The Bertz CT molecular complexity index is 704. The van der Waals surface area contributed by atoms with Gasteiger partial charge in [-0.3, -0.25) is 4.79 Å². The molecule has 2 rings (SSSR count). The Morgan fingerprint density at radius 3 is 2.74 bits per heavy atom. The van der Waals surface area contributed by atoms with Crippen molar-refractivity contribution in [1.29, 1.82) is 0 Å². The lowest BCUT2D eigenvalue weighted by atomic mass is 10.1. The third kappa shape index (κ3) is 4.56. The molecule has 0 aliphatic carbocycles. The molecular weight excluding hydrogens is 313 g/mol. The Kier molecular flexibility index (Phi) is 5.05. The average Bonchev–Trinajstić information content (AvgIpc) is 2.51. The van der Waals surface area contributed by atoms with Crippen molar-refractivity contribution in [3.05, 3.63) is 36.0 Å². The number of nitrogens with zero attached hydrogens (tertiary/aromatic N) is 1. The monoisotopic (exact) mass is 328 g/mol. The second kappa shape index (κ2) is 6.82. The second-order valence-electron chi connectivity index (χ2n) is 4.98. The molecular formula is C15H15F3N2O3. The van der Waals surface area contributed by atoms with Crippen molar-refractivity contribution < 1.29 is 27.8 Å². The lowest BCUT2D eigenvalue weighted by Crippen LogP contribution is -2.35. The molecule has 0 fully saturated rings. The number of aliphatic hydroxyl groups excluding tert-OH is 1. The summed E-state index contributed by atoms with van der Waals surface area (Å²) >= 11 is 0. The Hall–Kier alpha value is -2.35. The Morgan fingerprint density at radius 1 is 1.39 bits per heavy atom. The van der Waals surface area contributed by atoms with Crippen molar-refractivity contribution in [1.82, 2.24) is 10.3 Å². The molecule has 124 valence electrons. The topological polar surface area (TPSA) is 71.5 Å². The molecule has 2 aromatic rings. The van der Waals surface area contributed by atoms with Gasteiger partial charge in [-0.05, 0) is 19.1 Å². The van der Waals surface area contributed by atoms with Gasteiger partial charge in [-0.2, -0.15) is 13.2 Å². The molecule has 0 saturated heterocycles. The molecule has 1 aromatic carbocycles. The number of alkyl halides is 3. The molecule has 8 heteroatoms. The molecule has 0 aliphatic heterocycles. The van der Waals surface area contributed by atoms with Crippen LogP contribution in [0.1, 0.15) is 17.4 Å². The van der Waals surface area contributed by atoms with Gasteiger partial charge in [0.1, 0.15) is 11.4 Å². The minimum Gasteiger partial charge on any atom is -0.483 e. The fraction of sp³-hybridized carbons (Fsp3) is 0.333. The van der Waals surface area contributed by atoms with E-state index in [2.05, 4.69) is 10.3 Å². The number of hydrogen-bond donors (Lipinski definition) is 2. The summed E-state index contributed by atoms with van der Waals surface area (Å²) in [4.78, 5) is 16.2. The van der Waals surface area contributed by atoms with E-state index < -0.39 is 24.7 Å². The number of aliphatic hydroxyl groups is 1. The molecule has 2 N–H and O–H groups in total. The van der Waals surface area contributed by atoms with Crippen LogP contribution in [-0.4, -0.2) is 41.4 Å². The first-order chi connectivity index (χ1) is 10.8. The maximum absolute atomic E-state index is 12.4. The van der Waals surface area contributed by atoms with Crippen LogP contribution in [0.25, 0.3) is 10.9 Å². The number of hydrogen-bond acceptors (Lipinski definition) is 4. The number of fused-ring (bicyclic) bond motifs is 1. The number of aromatic nitrogens is 1. The molecule has 0 radical (unpaired) electrons. The highest BCUT2D eigenvalue weighted by molar-refractivity contribution is 5.97. The normalized spacial score (nSPS) is 12.9. The number of ether oxygens (including phenoxy) is 1. The molecule has 1 unspecified atom stereocenters. The zero-order chi connectivity index (χ0) is 17.0. The van der Waals surface area contributed by atoms with Gasteiger partial charge in [-0.1, -0.05) is 12.1 Å². The number of pyridine rings is 1. The Balaban J connectivity index is 2.37. The summed E-state index contributed by atoms with van der Waals surface area (Å²) in [7, 11) is 0. The summed E-state index contributed by atoms with van der Waals surface area (Å²) < 4.78 is 41.9. The van der Waals surface area contributed by atoms with Gasteiger partial charge in [0.25, 0.3) is 5.91 Å². The number of rotatable bonds is 5. The van der Waals surface area contributed by atoms with E-state index in [9.17, 15) is 18.0 Å². The van der Waals surface area contributed by atoms with Crippen molar-refractivity contribution in [3.8, 4) is 5.75 Å². The first-order valence-corrected chi connectivity index (χ1v) is 6.81. The fourth-order valence-electron chi connectivity index (χ4n) is 1.88. The molecule has 0 spiro atoms. The van der Waals surface area contributed by atoms with Crippen molar-refractivity contribution >= 4 is 16.8 Å². The minimum absolute atomic E-state index is 0.0743. The summed E-state index contributed by atoms with van der Waals surface area (Å²) in [6, 6.07) is 7.08. The number of carbonyl (C=O) groups excluding carboxylic acids is 1. The van der Waals surface area contributed by atoms with Crippen LogP contribution in [0.5, 0.6) is 5.75 Å². The highest BCUT2D eigenvalue weighted by Gasteiger charge is 2.29. The van der Waals surface area contributed by atoms with E-state index in [4.69, 9.17) is 9.84 Å². The van der Waals surface area contributed by atoms with Crippen LogP contribution in [0.2, 0.25) is 0 Å². The maximum Gasteiger partial charge on any atom is 0.422 e. The van der Waals surface area contributed by atoms with Crippen LogP contribution in [0.15, 0.2) is 30.3 Å². The van der Waals surface area contributed by atoms with E-state index in [1.165, 1.54) is 0 Å². The maximum atomic E-state index is 12.4. The summed E-state index contributed by atoms with van der Waals surface area (Å²) in [5.41, 5.74) is 0.259. The van der Waals surface area contributed by atoms with Gasteiger partial charge < -0.3 is 15.2 Å². The molecule has 1 amide bonds. The van der Waals surface area contributed by atoms with Gasteiger partial charge in [0.2, 0.25) is 0 Å². The Labute approximate surface area is 130 Å². The van der Waals surface area contributed by atoms with Gasteiger partial charge in [-0.25, -0.2) is 4.98 Å². The van der Waals surface area contributed by atoms with E-state index in [-0.39, 0.29) is 18.1 Å². The quantitative estimate of drug-likeness (QED) is 0.883. The SMILES string of the molecule is CC(CO)NC(=O)c1cc(OCC(F)(F)F)c2ccccc2n1. The smallest absolute Gasteiger partial charge is 0.422 e. The predicted molar refractivity (Wildman–Crippen MR) is 77.3 cm³/mol. The largest absolute Gasteiger partial charge is 0.483 e. The number of para-hydroxylation sites is 1. The number of halogens is 3. The van der Waals surface area contributed by atoms with E-state index in [1.54, 1.807) is 31.2 Å². The molecule has 1 aromatic heterocycles. The molecule has 5 nitrogen and oxygen atoms in total. The van der Waals surface area contributed by atoms with Crippen LogP contribution in [0.3, 0.4) is 0 Å². The second-order valence-corrected chi connectivity index (χ2v) is 4.98. The van der Waals surface area contributed by atoms with Gasteiger partial charge in [0, 0.05) is 17.5 Å². The summed E-state index contributed by atoms with van der Waals surface area (Å²) in [5, 5.41) is 11.8. The number of nitrogens with one attached hydrogen (secondary N) is 1. The average molecular weight is 328 g/mol. The standard InChI is InChI=1S/C15H15F3N2O3/c1-9(7-21)19-14(22)12-6-13(23-8-15(16,17)18)10-4-2-3-5-11(10)20-12/h2-6,9,21H,7-8H2,1H3,(H,19,22). The van der Waals surface area contributed by atoms with E-state index >= 15 is 0 Å². The number of carbonyl (C=O) groups is 1. The molecule has 0 aliphatic rings. The fourth-order valence-corrected chi connectivity index (χ4v) is 1.88. The molecule has 1 heterocycles. The highest BCUT2D eigenvalue weighted by Crippen LogP contribution is 2.27. The molecule has 1 atom stereocenters. The van der Waals surface area contributed by atoms with Gasteiger partial charge >= 0.3 is 6.18 Å². The van der Waals surface area contributed by atoms with Crippen molar-refractivity contribution in [2.45, 2.75) is 19.1 Å². The zero-order valence-electron chi connectivity index (χ0n) is 12.2. The third-order valence-electron chi connectivity index (χ3n) is 2.95. The lowest BCUT2D eigenvalue weighted by molar-refractivity contribution is -0.153. The van der Waals surface area contributed by atoms with E-state index in [0.29, 0.717) is 10.9 Å². The third-order valence-corrected chi connectivity index (χ3v) is 2.95. The summed E-state index contributed by atoms with van der Waals surface area (Å²) in [6.07, 6.45) is -4.49. The van der Waals surface area contributed by atoms with Gasteiger partial charge in [-0.15, -0.1) is 0 Å². The zero-order valence-corrected chi connectivity index (χ0v) is 12.2. The summed E-state index contributed by atoms with van der Waals surface area (Å²) in [6.45, 7) is -0.147. The van der Waals surface area contributed by atoms with Crippen molar-refractivity contribution in [3.63, 3.8) is 0 Å². The van der Waals surface area contributed by atoms with Gasteiger partial charge in [0.15, 0.2) is 6.61 Å². The van der Waals surface area contributed by atoms with E-state index in [1.807, 2.05) is 0 Å². The van der Waals surface area contributed by atoms with Crippen molar-refractivity contribution in [2.75, 3.05) is 13.2 Å². The van der Waals surface area contributed by atoms with Crippen LogP contribution in [0, 0.1) is 0 Å². The van der Waals surface area contributed by atoms with E-state index in [0.717, 1.165) is 6.07 Å². The number of benzene rings is 1. The summed E-state index contributed by atoms with van der Waals surface area (Å²) in [5.74, 6) is -0.677. The first kappa shape index (κ1) is 17.0. The first-order valence-electron chi connectivity index (χ1n) is 6.81. The molecule has 0 saturated carbocycles. The predicted octanol–water partition coefficient (Wildman–Crippen LogP) is 2.29. The highest BCUT2D eigenvalue weighted by atomic mass is 19.4. The van der Waals surface area contributed by atoms with Crippen LogP contribution >= 0.6 is 0 Å². The molecule has 23 heavy (non-hydrogen) atoms.